The van der Waals surface area contributed by atoms with E-state index in [1.165, 1.54) is 24.3 Å². The number of benzene rings is 4. The van der Waals surface area contributed by atoms with Gasteiger partial charge in [-0.3, -0.25) is 29.8 Å². The summed E-state index contributed by atoms with van der Waals surface area (Å²) in [6.07, 6.45) is 0. The fourth-order valence-corrected chi connectivity index (χ4v) is 5.51. The van der Waals surface area contributed by atoms with Crippen molar-refractivity contribution >= 4 is 22.9 Å². The van der Waals surface area contributed by atoms with Gasteiger partial charge in [-0.2, -0.15) is 0 Å². The predicted molar refractivity (Wildman–Crippen MR) is 140 cm³/mol. The Balaban J connectivity index is 1.70. The fraction of sp³-hybridized carbons (Fsp3) is 0.133. The molecule has 38 heavy (non-hydrogen) atoms. The molecule has 8 nitrogen and oxygen atoms in total. The standard InChI is InChI=1S/C30H22N2O6/c33-29(19-9-3-1-4-10-19)27-25(21-13-7-15-23(17-21)31(35)36)28(30(34)20-11-5-2-6-12-20)26(27)22-14-8-16-24(18-22)32(37)38/h1-18,25-28H. The number of nitro benzene ring substituents is 2. The van der Waals surface area contributed by atoms with Crippen LogP contribution in [0.3, 0.4) is 0 Å². The van der Waals surface area contributed by atoms with Crippen LogP contribution in [-0.4, -0.2) is 21.4 Å². The fourth-order valence-electron chi connectivity index (χ4n) is 5.51. The third-order valence-corrected chi connectivity index (χ3v) is 7.20. The summed E-state index contributed by atoms with van der Waals surface area (Å²) in [5.41, 5.74) is 1.60. The Bertz CT molecular complexity index is 1410. The summed E-state index contributed by atoms with van der Waals surface area (Å²) in [5, 5.41) is 23.1. The lowest BCUT2D eigenvalue weighted by Crippen LogP contribution is -2.51. The Kier molecular flexibility index (Phi) is 6.62. The molecule has 0 bridgehead atoms. The Labute approximate surface area is 217 Å². The van der Waals surface area contributed by atoms with Crippen molar-refractivity contribution in [2.45, 2.75) is 11.8 Å². The third-order valence-electron chi connectivity index (χ3n) is 7.20. The summed E-state index contributed by atoms with van der Waals surface area (Å²) in [5.74, 6) is -3.32. The van der Waals surface area contributed by atoms with Gasteiger partial charge in [-0.25, -0.2) is 0 Å². The van der Waals surface area contributed by atoms with Gasteiger partial charge in [-0.15, -0.1) is 0 Å². The Hall–Kier alpha value is -4.98. The number of carbonyl (C=O) groups excluding carboxylic acids is 2. The smallest absolute Gasteiger partial charge is 0.269 e. The molecule has 4 aromatic rings. The molecule has 5 rings (SSSR count). The average Bonchev–Trinajstić information content (AvgIpc) is 2.93. The zero-order valence-corrected chi connectivity index (χ0v) is 20.0. The number of Topliss-reactive ketones (excluding diaryl/α,β-unsaturated/α-hetero) is 2. The van der Waals surface area contributed by atoms with Crippen molar-refractivity contribution in [1.82, 2.24) is 0 Å². The molecule has 0 heterocycles. The lowest BCUT2D eigenvalue weighted by atomic mass is 9.49. The number of hydrogen-bond donors (Lipinski definition) is 0. The number of nitrogens with zero attached hydrogens (tertiary/aromatic N) is 2. The number of non-ortho nitro benzene ring substituents is 2. The van der Waals surface area contributed by atoms with Crippen molar-refractivity contribution < 1.29 is 19.4 Å². The summed E-state index contributed by atoms with van der Waals surface area (Å²) in [6, 6.07) is 29.3. The molecule has 1 aliphatic carbocycles. The van der Waals surface area contributed by atoms with Gasteiger partial charge in [0.25, 0.3) is 11.4 Å². The minimum absolute atomic E-state index is 0.141. The van der Waals surface area contributed by atoms with E-state index in [0.717, 1.165) is 0 Å². The number of hydrogen-bond acceptors (Lipinski definition) is 6. The van der Waals surface area contributed by atoms with Crippen molar-refractivity contribution in [2.75, 3.05) is 0 Å². The average molecular weight is 507 g/mol. The number of ketones is 2. The van der Waals surface area contributed by atoms with Crippen LogP contribution in [0.5, 0.6) is 0 Å². The van der Waals surface area contributed by atoms with E-state index in [1.807, 2.05) is 0 Å². The van der Waals surface area contributed by atoms with Crippen molar-refractivity contribution in [1.29, 1.82) is 0 Å². The van der Waals surface area contributed by atoms with Gasteiger partial charge in [-0.1, -0.05) is 84.9 Å². The first-order chi connectivity index (χ1) is 18.4. The van der Waals surface area contributed by atoms with Gasteiger partial charge in [-0.05, 0) is 11.1 Å². The largest absolute Gasteiger partial charge is 0.294 e. The molecular formula is C30H22N2O6. The second kappa shape index (κ2) is 10.2. The van der Waals surface area contributed by atoms with E-state index in [9.17, 15) is 29.8 Å². The molecule has 0 unspecified atom stereocenters. The summed E-state index contributed by atoms with van der Waals surface area (Å²) in [4.78, 5) is 50.0. The van der Waals surface area contributed by atoms with E-state index in [-0.39, 0.29) is 22.9 Å². The SMILES string of the molecule is O=C(c1ccccc1)C1C(c2cccc([N+](=O)[O-])c2)C(C(=O)c2ccccc2)C1c1cccc([N+](=O)[O-])c1. The lowest BCUT2D eigenvalue weighted by molar-refractivity contribution is -0.385. The molecule has 0 aliphatic heterocycles. The zero-order valence-electron chi connectivity index (χ0n) is 20.0. The van der Waals surface area contributed by atoms with E-state index < -0.39 is 33.5 Å². The molecular weight excluding hydrogens is 484 g/mol. The van der Waals surface area contributed by atoms with Gasteiger partial charge in [0.1, 0.15) is 0 Å². The molecule has 0 amide bonds. The van der Waals surface area contributed by atoms with Crippen LogP contribution < -0.4 is 0 Å². The summed E-state index contributed by atoms with van der Waals surface area (Å²) >= 11 is 0. The summed E-state index contributed by atoms with van der Waals surface area (Å²) in [7, 11) is 0. The molecule has 1 aliphatic rings. The first kappa shape index (κ1) is 24.7. The van der Waals surface area contributed by atoms with E-state index in [4.69, 9.17) is 0 Å². The molecule has 0 spiro atoms. The number of rotatable bonds is 8. The number of carbonyl (C=O) groups is 2. The number of nitro groups is 2. The molecule has 0 saturated heterocycles. The minimum Gasteiger partial charge on any atom is -0.294 e. The predicted octanol–water partition coefficient (Wildman–Crippen LogP) is 6.38. The molecule has 1 saturated carbocycles. The maximum absolute atomic E-state index is 14.0. The van der Waals surface area contributed by atoms with Crippen molar-refractivity contribution in [2.24, 2.45) is 11.8 Å². The van der Waals surface area contributed by atoms with Crippen LogP contribution in [0.2, 0.25) is 0 Å². The first-order valence-electron chi connectivity index (χ1n) is 12.0. The second-order valence-electron chi connectivity index (χ2n) is 9.27. The normalized spacial score (nSPS) is 20.2. The van der Waals surface area contributed by atoms with Crippen LogP contribution in [0.4, 0.5) is 11.4 Å². The van der Waals surface area contributed by atoms with Crippen molar-refractivity contribution in [3.05, 3.63) is 152 Å². The second-order valence-corrected chi connectivity index (χ2v) is 9.27. The van der Waals surface area contributed by atoms with Crippen LogP contribution in [0.15, 0.2) is 109 Å². The summed E-state index contributed by atoms with van der Waals surface area (Å²) < 4.78 is 0. The van der Waals surface area contributed by atoms with Gasteiger partial charge < -0.3 is 0 Å². The highest BCUT2D eigenvalue weighted by Crippen LogP contribution is 2.60. The molecule has 188 valence electrons. The van der Waals surface area contributed by atoms with Crippen molar-refractivity contribution in [3.63, 3.8) is 0 Å². The maximum Gasteiger partial charge on any atom is 0.269 e. The molecule has 8 heteroatoms. The van der Waals surface area contributed by atoms with Crippen LogP contribution >= 0.6 is 0 Å². The van der Waals surface area contributed by atoms with E-state index in [0.29, 0.717) is 22.3 Å². The van der Waals surface area contributed by atoms with E-state index in [1.54, 1.807) is 84.9 Å². The topological polar surface area (TPSA) is 120 Å². The highest BCUT2D eigenvalue weighted by molar-refractivity contribution is 6.05. The highest BCUT2D eigenvalue weighted by atomic mass is 16.6. The Morgan fingerprint density at radius 3 is 1.24 bits per heavy atom. The molecule has 0 aromatic heterocycles. The van der Waals surface area contributed by atoms with E-state index in [2.05, 4.69) is 0 Å². The van der Waals surface area contributed by atoms with Crippen LogP contribution in [0, 0.1) is 32.1 Å². The monoisotopic (exact) mass is 506 g/mol. The highest BCUT2D eigenvalue weighted by Gasteiger charge is 2.58. The lowest BCUT2D eigenvalue weighted by Gasteiger charge is -2.51. The molecule has 0 radical (unpaired) electrons. The van der Waals surface area contributed by atoms with Gasteiger partial charge in [0.05, 0.1) is 9.85 Å². The third kappa shape index (κ3) is 4.48. The van der Waals surface area contributed by atoms with Gasteiger partial charge in [0.2, 0.25) is 0 Å². The van der Waals surface area contributed by atoms with Gasteiger partial charge in [0, 0.05) is 59.1 Å². The quantitative estimate of drug-likeness (QED) is 0.155. The molecule has 0 N–H and O–H groups in total. The van der Waals surface area contributed by atoms with Crippen LogP contribution in [0.25, 0.3) is 0 Å². The summed E-state index contributed by atoms with van der Waals surface area (Å²) in [6.45, 7) is 0. The maximum atomic E-state index is 14.0. The van der Waals surface area contributed by atoms with Gasteiger partial charge >= 0.3 is 0 Å². The molecule has 4 aromatic carbocycles. The van der Waals surface area contributed by atoms with Gasteiger partial charge in [0.15, 0.2) is 11.6 Å². The Morgan fingerprint density at radius 1 is 0.526 bits per heavy atom. The van der Waals surface area contributed by atoms with Crippen molar-refractivity contribution in [3.8, 4) is 0 Å². The first-order valence-corrected chi connectivity index (χ1v) is 12.0. The minimum atomic E-state index is -0.765. The molecule has 1 fully saturated rings. The Morgan fingerprint density at radius 2 is 0.895 bits per heavy atom. The molecule has 0 atom stereocenters. The van der Waals surface area contributed by atoms with E-state index >= 15 is 0 Å². The zero-order chi connectivity index (χ0) is 26.8. The van der Waals surface area contributed by atoms with Crippen LogP contribution in [-0.2, 0) is 0 Å². The van der Waals surface area contributed by atoms with Crippen LogP contribution in [0.1, 0.15) is 43.7 Å².